The summed E-state index contributed by atoms with van der Waals surface area (Å²) in [4.78, 5) is 33.6. The average Bonchev–Trinajstić information content (AvgIpc) is 2.40. The van der Waals surface area contributed by atoms with Crippen molar-refractivity contribution in [3.05, 3.63) is 39.9 Å². The maximum absolute atomic E-state index is 11.9. The van der Waals surface area contributed by atoms with Crippen LogP contribution in [-0.2, 0) is 14.3 Å². The topological polar surface area (TPSA) is 95.7 Å². The first kappa shape index (κ1) is 14.9. The van der Waals surface area contributed by atoms with Crippen LogP contribution in [0.5, 0.6) is 0 Å². The van der Waals surface area contributed by atoms with Crippen LogP contribution < -0.4 is 0 Å². The molecule has 0 bridgehead atoms. The Balaban J connectivity index is 2.90. The van der Waals surface area contributed by atoms with Gasteiger partial charge in [0, 0.05) is 20.3 Å². The lowest BCUT2D eigenvalue weighted by atomic mass is 10.0. The summed E-state index contributed by atoms with van der Waals surface area (Å²) in [6.07, 6.45) is -1.66. The number of carbonyl (C=O) groups is 2. The van der Waals surface area contributed by atoms with Gasteiger partial charge in [0.1, 0.15) is 0 Å². The molecular weight excluding hydrogens is 254 g/mol. The van der Waals surface area contributed by atoms with Gasteiger partial charge in [-0.25, -0.2) is 0 Å². The van der Waals surface area contributed by atoms with Crippen molar-refractivity contribution in [3.8, 4) is 0 Å². The van der Waals surface area contributed by atoms with Gasteiger partial charge in [-0.3, -0.25) is 19.7 Å². The van der Waals surface area contributed by atoms with Crippen LogP contribution in [0.4, 0.5) is 5.69 Å². The van der Waals surface area contributed by atoms with Crippen molar-refractivity contribution < 1.29 is 24.0 Å². The van der Waals surface area contributed by atoms with Crippen molar-refractivity contribution in [2.24, 2.45) is 0 Å². The van der Waals surface area contributed by atoms with Gasteiger partial charge >= 0.3 is 0 Å². The second-order valence-corrected chi connectivity index (χ2v) is 3.64. The minimum absolute atomic E-state index is 0.105. The summed E-state index contributed by atoms with van der Waals surface area (Å²) in [5.74, 6) is -1.23. The predicted octanol–water partition coefficient (Wildman–Crippen LogP) is 1.36. The van der Waals surface area contributed by atoms with Crippen molar-refractivity contribution in [1.82, 2.24) is 0 Å². The molecule has 0 spiro atoms. The molecule has 0 aliphatic carbocycles. The van der Waals surface area contributed by atoms with Crippen molar-refractivity contribution in [2.45, 2.75) is 12.7 Å². The molecule has 0 aliphatic heterocycles. The van der Waals surface area contributed by atoms with Gasteiger partial charge in [0.15, 0.2) is 11.6 Å². The van der Waals surface area contributed by atoms with Gasteiger partial charge in [-0.05, 0) is 6.07 Å². The van der Waals surface area contributed by atoms with Crippen LogP contribution in [0.25, 0.3) is 0 Å². The molecule has 0 radical (unpaired) electrons. The third kappa shape index (κ3) is 3.67. The largest absolute Gasteiger partial charge is 0.349 e. The smallest absolute Gasteiger partial charge is 0.280 e. The normalized spacial score (nSPS) is 10.5. The summed E-state index contributed by atoms with van der Waals surface area (Å²) in [6, 6.07) is 5.46. The summed E-state index contributed by atoms with van der Waals surface area (Å²) in [5, 5.41) is 10.8. The number of rotatable bonds is 7. The Kier molecular flexibility index (Phi) is 5.28. The van der Waals surface area contributed by atoms with Gasteiger partial charge in [0.2, 0.25) is 6.29 Å². The van der Waals surface area contributed by atoms with Gasteiger partial charge < -0.3 is 9.47 Å². The van der Waals surface area contributed by atoms with Crippen LogP contribution in [0, 0.1) is 10.1 Å². The Hall–Kier alpha value is -2.12. The summed E-state index contributed by atoms with van der Waals surface area (Å²) in [7, 11) is 2.53. The van der Waals surface area contributed by atoms with E-state index in [1.165, 1.54) is 38.5 Å². The third-order valence-electron chi connectivity index (χ3n) is 2.43. The highest BCUT2D eigenvalue weighted by Gasteiger charge is 2.25. The molecule has 0 N–H and O–H groups in total. The fourth-order valence-corrected chi connectivity index (χ4v) is 1.56. The first-order valence-corrected chi connectivity index (χ1v) is 5.36. The molecule has 1 aromatic carbocycles. The number of methoxy groups -OCH3 is 2. The maximum Gasteiger partial charge on any atom is 0.280 e. The van der Waals surface area contributed by atoms with E-state index in [0.717, 1.165) is 0 Å². The number of ketones is 2. The molecule has 19 heavy (non-hydrogen) atoms. The highest BCUT2D eigenvalue weighted by Crippen LogP contribution is 2.19. The highest BCUT2D eigenvalue weighted by atomic mass is 16.7. The van der Waals surface area contributed by atoms with Gasteiger partial charge in [0.25, 0.3) is 5.69 Å². The van der Waals surface area contributed by atoms with Gasteiger partial charge in [-0.2, -0.15) is 0 Å². The number of carbonyl (C=O) groups excluding carboxylic acids is 2. The quantitative estimate of drug-likeness (QED) is 0.243. The minimum Gasteiger partial charge on any atom is -0.349 e. The van der Waals surface area contributed by atoms with Crippen LogP contribution in [0.3, 0.4) is 0 Å². The van der Waals surface area contributed by atoms with Crippen LogP contribution >= 0.6 is 0 Å². The number of para-hydroxylation sites is 1. The predicted molar refractivity (Wildman–Crippen MR) is 64.9 cm³/mol. The van der Waals surface area contributed by atoms with Crippen LogP contribution in [0.15, 0.2) is 24.3 Å². The average molecular weight is 267 g/mol. The number of nitrogens with zero attached hydrogens (tertiary/aromatic N) is 1. The fraction of sp³-hybridized carbons (Fsp3) is 0.333. The van der Waals surface area contributed by atoms with Crippen molar-refractivity contribution >= 4 is 17.3 Å². The SMILES string of the molecule is COC(OC)C(=O)CC(=O)c1ccccc1[N+](=O)[O-]. The van der Waals surface area contributed by atoms with E-state index in [1.54, 1.807) is 0 Å². The van der Waals surface area contributed by atoms with E-state index in [0.29, 0.717) is 0 Å². The van der Waals surface area contributed by atoms with Gasteiger partial charge in [0.05, 0.1) is 16.9 Å². The number of ether oxygens (including phenoxy) is 2. The lowest BCUT2D eigenvalue weighted by Gasteiger charge is -2.11. The van der Waals surface area contributed by atoms with Crippen molar-refractivity contribution in [2.75, 3.05) is 14.2 Å². The minimum atomic E-state index is -1.15. The first-order valence-electron chi connectivity index (χ1n) is 5.36. The lowest BCUT2D eigenvalue weighted by Crippen LogP contribution is -2.27. The summed E-state index contributed by atoms with van der Waals surface area (Å²) in [5.41, 5.74) is -0.432. The molecule has 7 heteroatoms. The fourth-order valence-electron chi connectivity index (χ4n) is 1.56. The third-order valence-corrected chi connectivity index (χ3v) is 2.43. The molecule has 1 rings (SSSR count). The molecule has 1 aromatic rings. The second-order valence-electron chi connectivity index (χ2n) is 3.64. The Labute approximate surface area is 109 Å². The number of hydrogen-bond donors (Lipinski definition) is 0. The van der Waals surface area contributed by atoms with Gasteiger partial charge in [-0.15, -0.1) is 0 Å². The van der Waals surface area contributed by atoms with E-state index in [1.807, 2.05) is 0 Å². The van der Waals surface area contributed by atoms with E-state index in [4.69, 9.17) is 9.47 Å². The summed E-state index contributed by atoms with van der Waals surface area (Å²) >= 11 is 0. The molecule has 0 aliphatic rings. The van der Waals surface area contributed by atoms with E-state index in [9.17, 15) is 19.7 Å². The molecule has 0 aromatic heterocycles. The zero-order valence-electron chi connectivity index (χ0n) is 10.5. The second kappa shape index (κ2) is 6.72. The Morgan fingerprint density at radius 2 is 1.84 bits per heavy atom. The molecule has 0 atom stereocenters. The van der Waals surface area contributed by atoms with Crippen molar-refractivity contribution in [3.63, 3.8) is 0 Å². The molecule has 102 valence electrons. The van der Waals surface area contributed by atoms with Crippen LogP contribution in [0.1, 0.15) is 16.8 Å². The van der Waals surface area contributed by atoms with Crippen LogP contribution in [0.2, 0.25) is 0 Å². The number of nitro groups is 1. The molecule has 0 amide bonds. The zero-order chi connectivity index (χ0) is 14.4. The standard InChI is InChI=1S/C12H13NO6/c1-18-12(19-2)11(15)7-10(14)8-5-3-4-6-9(8)13(16)17/h3-6,12H,7H2,1-2H3. The Morgan fingerprint density at radius 3 is 2.37 bits per heavy atom. The number of nitro benzene ring substituents is 1. The highest BCUT2D eigenvalue weighted by molar-refractivity contribution is 6.10. The Morgan fingerprint density at radius 1 is 1.26 bits per heavy atom. The summed E-state index contributed by atoms with van der Waals surface area (Å²) in [6.45, 7) is 0. The van der Waals surface area contributed by atoms with Gasteiger partial charge in [-0.1, -0.05) is 12.1 Å². The molecule has 0 saturated heterocycles. The molecule has 0 saturated carbocycles. The molecular formula is C12H13NO6. The zero-order valence-corrected chi connectivity index (χ0v) is 10.5. The monoisotopic (exact) mass is 267 g/mol. The van der Waals surface area contributed by atoms with E-state index in [-0.39, 0.29) is 11.3 Å². The van der Waals surface area contributed by atoms with E-state index in [2.05, 4.69) is 0 Å². The number of Topliss-reactive ketones (excluding diaryl/α,β-unsaturated/α-hetero) is 2. The first-order chi connectivity index (χ1) is 9.01. The number of hydrogen-bond acceptors (Lipinski definition) is 6. The van der Waals surface area contributed by atoms with E-state index >= 15 is 0 Å². The Bertz CT molecular complexity index is 495. The van der Waals surface area contributed by atoms with Crippen molar-refractivity contribution in [1.29, 1.82) is 0 Å². The summed E-state index contributed by atoms with van der Waals surface area (Å²) < 4.78 is 9.44. The lowest BCUT2D eigenvalue weighted by molar-refractivity contribution is -0.385. The molecule has 0 unspecified atom stereocenters. The van der Waals surface area contributed by atoms with Crippen LogP contribution in [-0.4, -0.2) is 37.0 Å². The maximum atomic E-state index is 11.9. The van der Waals surface area contributed by atoms with E-state index < -0.39 is 29.2 Å². The molecule has 0 heterocycles. The molecule has 0 fully saturated rings. The number of benzene rings is 1. The molecule has 7 nitrogen and oxygen atoms in total.